The molecule has 0 saturated heterocycles. The van der Waals surface area contributed by atoms with Gasteiger partial charge < -0.3 is 10.6 Å². The van der Waals surface area contributed by atoms with E-state index in [1.54, 1.807) is 0 Å². The summed E-state index contributed by atoms with van der Waals surface area (Å²) in [6.45, 7) is 7.63. The number of nitrogens with one attached hydrogen (secondary N) is 2. The normalized spacial score (nSPS) is 25.5. The van der Waals surface area contributed by atoms with Gasteiger partial charge in [0, 0.05) is 12.6 Å². The average molecular weight is 214 g/mol. The summed E-state index contributed by atoms with van der Waals surface area (Å²) in [6.07, 6.45) is 5.24. The van der Waals surface area contributed by atoms with Gasteiger partial charge in [0.25, 0.3) is 0 Å². The highest BCUT2D eigenvalue weighted by Crippen LogP contribution is 2.35. The molecular formula is C11H22N2S. The van der Waals surface area contributed by atoms with E-state index >= 15 is 0 Å². The zero-order valence-electron chi connectivity index (χ0n) is 9.52. The molecule has 1 aliphatic carbocycles. The third kappa shape index (κ3) is 3.12. The first-order chi connectivity index (χ1) is 6.56. The molecule has 14 heavy (non-hydrogen) atoms. The van der Waals surface area contributed by atoms with Crippen LogP contribution in [0.3, 0.4) is 0 Å². The summed E-state index contributed by atoms with van der Waals surface area (Å²) in [5.41, 5.74) is 0.387. The lowest BCUT2D eigenvalue weighted by molar-refractivity contribution is 0.185. The topological polar surface area (TPSA) is 24.1 Å². The standard InChI is InChI=1S/C11H22N2S/c1-4-12-10(14)13-9-7-5-6-8-11(9,2)3/h9H,4-8H2,1-3H3,(H2,12,13,14). The lowest BCUT2D eigenvalue weighted by atomic mass is 9.73. The Morgan fingerprint density at radius 2 is 2.14 bits per heavy atom. The molecule has 1 saturated carbocycles. The maximum absolute atomic E-state index is 5.21. The van der Waals surface area contributed by atoms with E-state index in [1.807, 2.05) is 0 Å². The van der Waals surface area contributed by atoms with Crippen LogP contribution in [0.2, 0.25) is 0 Å². The molecule has 0 bridgehead atoms. The van der Waals surface area contributed by atoms with E-state index in [9.17, 15) is 0 Å². The molecule has 1 atom stereocenters. The van der Waals surface area contributed by atoms with E-state index < -0.39 is 0 Å². The van der Waals surface area contributed by atoms with Crippen molar-refractivity contribution in [2.24, 2.45) is 5.41 Å². The molecule has 0 aromatic carbocycles. The highest BCUT2D eigenvalue weighted by atomic mass is 32.1. The second-order valence-electron chi connectivity index (χ2n) is 4.79. The molecule has 0 amide bonds. The highest BCUT2D eigenvalue weighted by molar-refractivity contribution is 7.80. The van der Waals surface area contributed by atoms with Crippen LogP contribution in [-0.4, -0.2) is 17.7 Å². The van der Waals surface area contributed by atoms with Crippen molar-refractivity contribution in [3.8, 4) is 0 Å². The van der Waals surface area contributed by atoms with Crippen molar-refractivity contribution >= 4 is 17.3 Å². The van der Waals surface area contributed by atoms with Gasteiger partial charge in [-0.2, -0.15) is 0 Å². The molecule has 82 valence electrons. The molecule has 2 N–H and O–H groups in total. The van der Waals surface area contributed by atoms with Crippen molar-refractivity contribution < 1.29 is 0 Å². The van der Waals surface area contributed by atoms with E-state index in [2.05, 4.69) is 31.4 Å². The van der Waals surface area contributed by atoms with Crippen LogP contribution < -0.4 is 10.6 Å². The Morgan fingerprint density at radius 1 is 1.43 bits per heavy atom. The Balaban J connectivity index is 2.45. The van der Waals surface area contributed by atoms with Gasteiger partial charge in [0.15, 0.2) is 5.11 Å². The highest BCUT2D eigenvalue weighted by Gasteiger charge is 2.32. The summed E-state index contributed by atoms with van der Waals surface area (Å²) in [6, 6.07) is 0.544. The second-order valence-corrected chi connectivity index (χ2v) is 5.20. The maximum Gasteiger partial charge on any atom is 0.166 e. The molecule has 3 heteroatoms. The fourth-order valence-electron chi connectivity index (χ4n) is 2.13. The Morgan fingerprint density at radius 3 is 2.71 bits per heavy atom. The van der Waals surface area contributed by atoms with Crippen LogP contribution in [0.4, 0.5) is 0 Å². The minimum atomic E-state index is 0.387. The summed E-state index contributed by atoms with van der Waals surface area (Å²) in [5.74, 6) is 0. The van der Waals surface area contributed by atoms with Crippen LogP contribution in [0, 0.1) is 5.41 Å². The van der Waals surface area contributed by atoms with Crippen LogP contribution in [0.15, 0.2) is 0 Å². The minimum Gasteiger partial charge on any atom is -0.363 e. The summed E-state index contributed by atoms with van der Waals surface area (Å²) >= 11 is 5.21. The van der Waals surface area contributed by atoms with Crippen molar-refractivity contribution in [2.75, 3.05) is 6.54 Å². The fourth-order valence-corrected chi connectivity index (χ4v) is 2.42. The van der Waals surface area contributed by atoms with Gasteiger partial charge in [0.05, 0.1) is 0 Å². The first-order valence-electron chi connectivity index (χ1n) is 5.60. The van der Waals surface area contributed by atoms with E-state index in [0.717, 1.165) is 11.7 Å². The number of hydrogen-bond donors (Lipinski definition) is 2. The Hall–Kier alpha value is -0.310. The largest absolute Gasteiger partial charge is 0.363 e. The number of rotatable bonds is 2. The molecule has 0 radical (unpaired) electrons. The molecule has 1 aliphatic rings. The van der Waals surface area contributed by atoms with Gasteiger partial charge in [-0.25, -0.2) is 0 Å². The maximum atomic E-state index is 5.21. The van der Waals surface area contributed by atoms with Crippen molar-refractivity contribution in [1.29, 1.82) is 0 Å². The van der Waals surface area contributed by atoms with E-state index in [0.29, 0.717) is 11.5 Å². The molecule has 0 spiro atoms. The summed E-state index contributed by atoms with van der Waals surface area (Å²) in [4.78, 5) is 0. The van der Waals surface area contributed by atoms with Crippen LogP contribution in [0.25, 0.3) is 0 Å². The fraction of sp³-hybridized carbons (Fsp3) is 0.909. The molecule has 0 heterocycles. The van der Waals surface area contributed by atoms with Crippen molar-refractivity contribution in [3.63, 3.8) is 0 Å². The quantitative estimate of drug-likeness (QED) is 0.690. The SMILES string of the molecule is CCNC(=S)NC1CCCCC1(C)C. The summed E-state index contributed by atoms with van der Waals surface area (Å²) in [7, 11) is 0. The molecule has 0 aliphatic heterocycles. The van der Waals surface area contributed by atoms with Crippen molar-refractivity contribution in [3.05, 3.63) is 0 Å². The zero-order valence-corrected chi connectivity index (χ0v) is 10.3. The monoisotopic (exact) mass is 214 g/mol. The van der Waals surface area contributed by atoms with Gasteiger partial charge in [0.1, 0.15) is 0 Å². The van der Waals surface area contributed by atoms with Gasteiger partial charge in [0.2, 0.25) is 0 Å². The van der Waals surface area contributed by atoms with Gasteiger partial charge >= 0.3 is 0 Å². The molecule has 1 rings (SSSR count). The van der Waals surface area contributed by atoms with Crippen molar-refractivity contribution in [2.45, 2.75) is 52.5 Å². The van der Waals surface area contributed by atoms with Crippen LogP contribution in [0.5, 0.6) is 0 Å². The van der Waals surface area contributed by atoms with Crippen LogP contribution in [-0.2, 0) is 0 Å². The predicted molar refractivity (Wildman–Crippen MR) is 65.4 cm³/mol. The predicted octanol–water partition coefficient (Wildman–Crippen LogP) is 2.44. The summed E-state index contributed by atoms with van der Waals surface area (Å²) < 4.78 is 0. The van der Waals surface area contributed by atoms with Gasteiger partial charge in [-0.3, -0.25) is 0 Å². The van der Waals surface area contributed by atoms with E-state index in [-0.39, 0.29) is 0 Å². The molecule has 0 aromatic rings. The van der Waals surface area contributed by atoms with Crippen LogP contribution >= 0.6 is 12.2 Å². The van der Waals surface area contributed by atoms with Gasteiger partial charge in [-0.05, 0) is 37.4 Å². The van der Waals surface area contributed by atoms with E-state index in [1.165, 1.54) is 25.7 Å². The molecular weight excluding hydrogens is 192 g/mol. The molecule has 2 nitrogen and oxygen atoms in total. The summed E-state index contributed by atoms with van der Waals surface area (Å²) in [5, 5.41) is 7.39. The first-order valence-corrected chi connectivity index (χ1v) is 6.01. The number of thiocarbonyl (C=S) groups is 1. The number of hydrogen-bond acceptors (Lipinski definition) is 1. The smallest absolute Gasteiger partial charge is 0.166 e. The third-order valence-electron chi connectivity index (χ3n) is 3.15. The lowest BCUT2D eigenvalue weighted by Crippen LogP contribution is -2.50. The lowest BCUT2D eigenvalue weighted by Gasteiger charge is -2.39. The Labute approximate surface area is 92.8 Å². The van der Waals surface area contributed by atoms with E-state index in [4.69, 9.17) is 12.2 Å². The molecule has 0 aromatic heterocycles. The Kier molecular flexibility index (Phi) is 4.17. The minimum absolute atomic E-state index is 0.387. The zero-order chi connectivity index (χ0) is 10.6. The molecule has 1 unspecified atom stereocenters. The van der Waals surface area contributed by atoms with Crippen LogP contribution in [0.1, 0.15) is 46.5 Å². The van der Waals surface area contributed by atoms with Gasteiger partial charge in [-0.1, -0.05) is 26.7 Å². The van der Waals surface area contributed by atoms with Crippen molar-refractivity contribution in [1.82, 2.24) is 10.6 Å². The first kappa shape index (κ1) is 11.8. The van der Waals surface area contributed by atoms with Gasteiger partial charge in [-0.15, -0.1) is 0 Å². The Bertz CT molecular complexity index is 201. The third-order valence-corrected chi connectivity index (χ3v) is 3.41. The molecule has 1 fully saturated rings. The average Bonchev–Trinajstić information content (AvgIpc) is 2.09. The second kappa shape index (κ2) is 4.96.